The second-order valence-electron chi connectivity index (χ2n) is 4.77. The average molecular weight is 311 g/mol. The number of fused-ring (bicyclic) bond motifs is 1. The second kappa shape index (κ2) is 5.80. The van der Waals surface area contributed by atoms with Gasteiger partial charge in [0, 0.05) is 23.1 Å². The molecule has 0 spiro atoms. The first-order valence-electron chi connectivity index (χ1n) is 6.35. The molecule has 98 valence electrons. The molecule has 2 rings (SSSR count). The molecule has 0 unspecified atom stereocenters. The Morgan fingerprint density at radius 2 is 2.17 bits per heavy atom. The SMILES string of the molecule is CC(C)c1nc2cc(Br)cnc2n1CCCCN. The largest absolute Gasteiger partial charge is 0.330 e. The molecular formula is C13H19BrN4. The van der Waals surface area contributed by atoms with E-state index in [0.29, 0.717) is 5.92 Å². The molecule has 0 aromatic carbocycles. The minimum Gasteiger partial charge on any atom is -0.330 e. The summed E-state index contributed by atoms with van der Waals surface area (Å²) in [4.78, 5) is 9.18. The standard InChI is InChI=1S/C13H19BrN4/c1-9(2)12-17-11-7-10(14)8-16-13(11)18(12)6-4-3-5-15/h7-9H,3-6,15H2,1-2H3. The Morgan fingerprint density at radius 3 is 2.83 bits per heavy atom. The van der Waals surface area contributed by atoms with Gasteiger partial charge >= 0.3 is 0 Å². The molecule has 0 amide bonds. The zero-order chi connectivity index (χ0) is 13.1. The van der Waals surface area contributed by atoms with E-state index in [1.165, 1.54) is 0 Å². The molecule has 2 N–H and O–H groups in total. The molecule has 0 saturated carbocycles. The van der Waals surface area contributed by atoms with E-state index < -0.39 is 0 Å². The summed E-state index contributed by atoms with van der Waals surface area (Å²) in [5.74, 6) is 1.50. The van der Waals surface area contributed by atoms with Gasteiger partial charge in [0.25, 0.3) is 0 Å². The van der Waals surface area contributed by atoms with E-state index in [1.54, 1.807) is 0 Å². The fourth-order valence-electron chi connectivity index (χ4n) is 2.08. The summed E-state index contributed by atoms with van der Waals surface area (Å²) in [6.45, 7) is 6.00. The van der Waals surface area contributed by atoms with E-state index in [4.69, 9.17) is 10.7 Å². The fourth-order valence-corrected chi connectivity index (χ4v) is 2.40. The first-order valence-corrected chi connectivity index (χ1v) is 7.14. The predicted molar refractivity (Wildman–Crippen MR) is 77.6 cm³/mol. The highest BCUT2D eigenvalue weighted by Crippen LogP contribution is 2.23. The highest BCUT2D eigenvalue weighted by molar-refractivity contribution is 9.10. The normalized spacial score (nSPS) is 11.6. The first-order chi connectivity index (χ1) is 8.63. The van der Waals surface area contributed by atoms with Crippen LogP contribution in [0.1, 0.15) is 38.4 Å². The molecule has 5 heteroatoms. The van der Waals surface area contributed by atoms with Crippen LogP contribution in [-0.4, -0.2) is 21.1 Å². The number of hydrogen-bond acceptors (Lipinski definition) is 3. The van der Waals surface area contributed by atoms with Crippen molar-refractivity contribution in [2.75, 3.05) is 6.54 Å². The lowest BCUT2D eigenvalue weighted by Gasteiger charge is -2.10. The molecule has 4 nitrogen and oxygen atoms in total. The smallest absolute Gasteiger partial charge is 0.160 e. The van der Waals surface area contributed by atoms with Gasteiger partial charge in [-0.2, -0.15) is 0 Å². The number of aryl methyl sites for hydroxylation is 1. The van der Waals surface area contributed by atoms with Crippen LogP contribution in [0, 0.1) is 0 Å². The maximum absolute atomic E-state index is 5.55. The number of hydrogen-bond donors (Lipinski definition) is 1. The minimum absolute atomic E-state index is 0.399. The van der Waals surface area contributed by atoms with Gasteiger partial charge in [-0.05, 0) is 41.4 Å². The van der Waals surface area contributed by atoms with Crippen LogP contribution in [0.2, 0.25) is 0 Å². The Hall–Kier alpha value is -0.940. The summed E-state index contributed by atoms with van der Waals surface area (Å²) in [7, 11) is 0. The molecule has 0 aliphatic heterocycles. The Morgan fingerprint density at radius 1 is 1.39 bits per heavy atom. The van der Waals surface area contributed by atoms with Crippen LogP contribution >= 0.6 is 15.9 Å². The summed E-state index contributed by atoms with van der Waals surface area (Å²) in [6.07, 6.45) is 3.93. The van der Waals surface area contributed by atoms with Crippen LogP contribution in [0.25, 0.3) is 11.2 Å². The topological polar surface area (TPSA) is 56.7 Å². The van der Waals surface area contributed by atoms with E-state index in [9.17, 15) is 0 Å². The van der Waals surface area contributed by atoms with Crippen molar-refractivity contribution >= 4 is 27.1 Å². The second-order valence-corrected chi connectivity index (χ2v) is 5.68. The molecule has 2 aromatic heterocycles. The average Bonchev–Trinajstić information content (AvgIpc) is 2.68. The molecule has 0 aliphatic carbocycles. The number of pyridine rings is 1. The van der Waals surface area contributed by atoms with Gasteiger partial charge in [-0.1, -0.05) is 13.8 Å². The van der Waals surface area contributed by atoms with Gasteiger partial charge < -0.3 is 10.3 Å². The van der Waals surface area contributed by atoms with Crippen molar-refractivity contribution in [3.8, 4) is 0 Å². The van der Waals surface area contributed by atoms with Gasteiger partial charge in [-0.25, -0.2) is 9.97 Å². The minimum atomic E-state index is 0.399. The monoisotopic (exact) mass is 310 g/mol. The molecule has 2 aromatic rings. The quantitative estimate of drug-likeness (QED) is 0.863. The van der Waals surface area contributed by atoms with E-state index in [0.717, 1.165) is 47.4 Å². The van der Waals surface area contributed by atoms with E-state index in [1.807, 2.05) is 12.3 Å². The van der Waals surface area contributed by atoms with Gasteiger partial charge in [0.2, 0.25) is 0 Å². The summed E-state index contributed by atoms with van der Waals surface area (Å²) in [6, 6.07) is 2.02. The van der Waals surface area contributed by atoms with Gasteiger partial charge in [-0.3, -0.25) is 0 Å². The van der Waals surface area contributed by atoms with Crippen molar-refractivity contribution in [3.63, 3.8) is 0 Å². The van der Waals surface area contributed by atoms with E-state index >= 15 is 0 Å². The van der Waals surface area contributed by atoms with Crippen LogP contribution in [0.15, 0.2) is 16.7 Å². The number of halogens is 1. The maximum Gasteiger partial charge on any atom is 0.160 e. The molecule has 0 aliphatic rings. The summed E-state index contributed by atoms with van der Waals surface area (Å²) < 4.78 is 3.19. The van der Waals surface area contributed by atoms with Crippen molar-refractivity contribution in [1.82, 2.24) is 14.5 Å². The number of nitrogens with zero attached hydrogens (tertiary/aromatic N) is 3. The molecule has 0 atom stereocenters. The van der Waals surface area contributed by atoms with Crippen molar-refractivity contribution in [3.05, 3.63) is 22.6 Å². The van der Waals surface area contributed by atoms with E-state index in [2.05, 4.69) is 39.3 Å². The first kappa shape index (κ1) is 13.5. The lowest BCUT2D eigenvalue weighted by molar-refractivity contribution is 0.582. The zero-order valence-electron chi connectivity index (χ0n) is 10.9. The van der Waals surface area contributed by atoms with Crippen LogP contribution in [0.3, 0.4) is 0 Å². The molecule has 2 heterocycles. The summed E-state index contributed by atoms with van der Waals surface area (Å²) >= 11 is 3.44. The summed E-state index contributed by atoms with van der Waals surface area (Å²) in [5, 5.41) is 0. The number of aromatic nitrogens is 3. The number of imidazole rings is 1. The maximum atomic E-state index is 5.55. The Kier molecular flexibility index (Phi) is 4.35. The fraction of sp³-hybridized carbons (Fsp3) is 0.538. The summed E-state index contributed by atoms with van der Waals surface area (Å²) in [5.41, 5.74) is 7.48. The number of unbranched alkanes of at least 4 members (excludes halogenated alkanes) is 1. The van der Waals surface area contributed by atoms with Crippen molar-refractivity contribution < 1.29 is 0 Å². The van der Waals surface area contributed by atoms with Crippen LogP contribution in [-0.2, 0) is 6.54 Å². The lowest BCUT2D eigenvalue weighted by Crippen LogP contribution is -2.08. The highest BCUT2D eigenvalue weighted by Gasteiger charge is 2.14. The third kappa shape index (κ3) is 2.72. The van der Waals surface area contributed by atoms with Crippen LogP contribution in [0.4, 0.5) is 0 Å². The van der Waals surface area contributed by atoms with Gasteiger partial charge in [0.1, 0.15) is 11.3 Å². The molecular weight excluding hydrogens is 292 g/mol. The molecule has 0 saturated heterocycles. The zero-order valence-corrected chi connectivity index (χ0v) is 12.4. The Labute approximate surface area is 116 Å². The third-order valence-corrected chi connectivity index (χ3v) is 3.37. The van der Waals surface area contributed by atoms with Gasteiger partial charge in [0.15, 0.2) is 5.65 Å². The van der Waals surface area contributed by atoms with Crippen molar-refractivity contribution in [2.45, 2.75) is 39.2 Å². The Balaban J connectivity index is 2.42. The molecule has 0 bridgehead atoms. The van der Waals surface area contributed by atoms with Crippen molar-refractivity contribution in [2.24, 2.45) is 5.73 Å². The predicted octanol–water partition coefficient (Wildman–Crippen LogP) is 3.06. The third-order valence-electron chi connectivity index (χ3n) is 2.93. The van der Waals surface area contributed by atoms with E-state index in [-0.39, 0.29) is 0 Å². The lowest BCUT2D eigenvalue weighted by atomic mass is 10.2. The highest BCUT2D eigenvalue weighted by atomic mass is 79.9. The number of rotatable bonds is 5. The van der Waals surface area contributed by atoms with Gasteiger partial charge in [0.05, 0.1) is 0 Å². The molecule has 0 fully saturated rings. The van der Waals surface area contributed by atoms with Crippen LogP contribution < -0.4 is 5.73 Å². The van der Waals surface area contributed by atoms with Gasteiger partial charge in [-0.15, -0.1) is 0 Å². The number of nitrogens with two attached hydrogens (primary N) is 1. The molecule has 0 radical (unpaired) electrons. The van der Waals surface area contributed by atoms with Crippen LogP contribution in [0.5, 0.6) is 0 Å². The van der Waals surface area contributed by atoms with Crippen molar-refractivity contribution in [1.29, 1.82) is 0 Å². The molecule has 18 heavy (non-hydrogen) atoms. The Bertz CT molecular complexity index is 533.